The van der Waals surface area contributed by atoms with Crippen LogP contribution in [0.3, 0.4) is 0 Å². The normalized spacial score (nSPS) is 9.80. The molecule has 0 saturated heterocycles. The first-order valence-corrected chi connectivity index (χ1v) is 3.02. The molecule has 0 aromatic carbocycles. The lowest BCUT2D eigenvalue weighted by Crippen LogP contribution is -2.05. The van der Waals surface area contributed by atoms with Crippen LogP contribution in [-0.2, 0) is 6.54 Å². The third-order valence-electron chi connectivity index (χ3n) is 1.25. The molecule has 0 amide bonds. The van der Waals surface area contributed by atoms with Gasteiger partial charge in [-0.25, -0.2) is 9.97 Å². The number of rotatable bonds is 1. The Bertz CT molecular complexity index is 233. The van der Waals surface area contributed by atoms with Crippen molar-refractivity contribution in [1.29, 1.82) is 0 Å². The van der Waals surface area contributed by atoms with Crippen LogP contribution in [0.2, 0.25) is 0 Å². The topological polar surface area (TPSA) is 77.8 Å². The van der Waals surface area contributed by atoms with Crippen molar-refractivity contribution in [3.63, 3.8) is 0 Å². The van der Waals surface area contributed by atoms with E-state index in [4.69, 9.17) is 11.5 Å². The Morgan fingerprint density at radius 1 is 1.60 bits per heavy atom. The molecule has 0 aliphatic carbocycles. The minimum Gasteiger partial charge on any atom is -0.396 e. The summed E-state index contributed by atoms with van der Waals surface area (Å²) in [5.74, 6) is 0.631. The number of aromatic nitrogens is 2. The molecule has 1 heterocycles. The van der Waals surface area contributed by atoms with E-state index in [-0.39, 0.29) is 0 Å². The SMILES string of the molecule is Cc1nc(CN)ncc1N. The molecule has 4 heteroatoms. The molecule has 1 aromatic rings. The first-order chi connectivity index (χ1) is 4.74. The third-order valence-corrected chi connectivity index (χ3v) is 1.25. The van der Waals surface area contributed by atoms with Crippen molar-refractivity contribution >= 4 is 5.69 Å². The van der Waals surface area contributed by atoms with Crippen LogP contribution >= 0.6 is 0 Å². The quantitative estimate of drug-likeness (QED) is 0.564. The highest BCUT2D eigenvalue weighted by atomic mass is 14.9. The van der Waals surface area contributed by atoms with Gasteiger partial charge in [0.1, 0.15) is 5.82 Å². The Labute approximate surface area is 59.3 Å². The van der Waals surface area contributed by atoms with E-state index in [1.807, 2.05) is 6.92 Å². The minimum atomic E-state index is 0.362. The summed E-state index contributed by atoms with van der Waals surface area (Å²) in [7, 11) is 0. The molecular formula is C6H10N4. The van der Waals surface area contributed by atoms with Crippen molar-refractivity contribution in [2.24, 2.45) is 5.73 Å². The molecule has 0 unspecified atom stereocenters. The highest BCUT2D eigenvalue weighted by Crippen LogP contribution is 2.03. The van der Waals surface area contributed by atoms with Crippen LogP contribution in [0.15, 0.2) is 6.20 Å². The first kappa shape index (κ1) is 6.95. The monoisotopic (exact) mass is 138 g/mol. The zero-order valence-electron chi connectivity index (χ0n) is 5.83. The van der Waals surface area contributed by atoms with Crippen molar-refractivity contribution in [1.82, 2.24) is 9.97 Å². The molecule has 4 nitrogen and oxygen atoms in total. The molecule has 54 valence electrons. The van der Waals surface area contributed by atoms with E-state index < -0.39 is 0 Å². The molecule has 0 radical (unpaired) electrons. The molecular weight excluding hydrogens is 128 g/mol. The zero-order valence-corrected chi connectivity index (χ0v) is 5.83. The number of nitrogens with two attached hydrogens (primary N) is 2. The lowest BCUT2D eigenvalue weighted by atomic mass is 10.4. The Morgan fingerprint density at radius 2 is 2.30 bits per heavy atom. The maximum Gasteiger partial charge on any atom is 0.142 e. The Balaban J connectivity index is 3.04. The summed E-state index contributed by atoms with van der Waals surface area (Å²) in [5.41, 5.74) is 12.2. The number of nitrogen functional groups attached to an aromatic ring is 1. The molecule has 0 fully saturated rings. The standard InChI is InChI=1S/C6H10N4/c1-4-5(8)3-9-6(2-7)10-4/h3H,2,7-8H2,1H3. The van der Waals surface area contributed by atoms with Gasteiger partial charge in [0, 0.05) is 0 Å². The van der Waals surface area contributed by atoms with E-state index in [1.54, 1.807) is 6.20 Å². The van der Waals surface area contributed by atoms with Crippen molar-refractivity contribution in [3.05, 3.63) is 17.7 Å². The van der Waals surface area contributed by atoms with Gasteiger partial charge in [0.2, 0.25) is 0 Å². The fourth-order valence-corrected chi connectivity index (χ4v) is 0.623. The highest BCUT2D eigenvalue weighted by molar-refractivity contribution is 5.38. The van der Waals surface area contributed by atoms with E-state index in [2.05, 4.69) is 9.97 Å². The van der Waals surface area contributed by atoms with Gasteiger partial charge in [0.15, 0.2) is 0 Å². The van der Waals surface area contributed by atoms with Crippen LogP contribution in [0.1, 0.15) is 11.5 Å². The lowest BCUT2D eigenvalue weighted by Gasteiger charge is -1.98. The van der Waals surface area contributed by atoms with Crippen molar-refractivity contribution in [2.45, 2.75) is 13.5 Å². The highest BCUT2D eigenvalue weighted by Gasteiger charge is 1.96. The van der Waals surface area contributed by atoms with Gasteiger partial charge in [-0.1, -0.05) is 0 Å². The second-order valence-corrected chi connectivity index (χ2v) is 2.03. The second kappa shape index (κ2) is 2.62. The smallest absolute Gasteiger partial charge is 0.142 e. The molecule has 0 atom stereocenters. The molecule has 1 rings (SSSR count). The average molecular weight is 138 g/mol. The second-order valence-electron chi connectivity index (χ2n) is 2.03. The van der Waals surface area contributed by atoms with Gasteiger partial charge in [-0.2, -0.15) is 0 Å². The largest absolute Gasteiger partial charge is 0.396 e. The van der Waals surface area contributed by atoms with Crippen LogP contribution in [0.4, 0.5) is 5.69 Å². The predicted octanol–water partition coefficient (Wildman–Crippen LogP) is -0.174. The molecule has 0 aliphatic heterocycles. The summed E-state index contributed by atoms with van der Waals surface area (Å²) in [6.45, 7) is 2.19. The molecule has 1 aromatic heterocycles. The maximum atomic E-state index is 5.48. The Hall–Kier alpha value is -1.16. The third kappa shape index (κ3) is 1.22. The number of hydrogen-bond acceptors (Lipinski definition) is 4. The fourth-order valence-electron chi connectivity index (χ4n) is 0.623. The number of hydrogen-bond donors (Lipinski definition) is 2. The van der Waals surface area contributed by atoms with Crippen LogP contribution in [-0.4, -0.2) is 9.97 Å². The summed E-state index contributed by atoms with van der Waals surface area (Å²) in [5, 5.41) is 0. The predicted molar refractivity (Wildman–Crippen MR) is 39.1 cm³/mol. The van der Waals surface area contributed by atoms with Crippen molar-refractivity contribution in [3.8, 4) is 0 Å². The molecule has 10 heavy (non-hydrogen) atoms. The summed E-state index contributed by atoms with van der Waals surface area (Å²) in [6, 6.07) is 0. The van der Waals surface area contributed by atoms with Crippen LogP contribution in [0.5, 0.6) is 0 Å². The summed E-state index contributed by atoms with van der Waals surface area (Å²) in [6.07, 6.45) is 1.57. The summed E-state index contributed by atoms with van der Waals surface area (Å²) in [4.78, 5) is 7.93. The van der Waals surface area contributed by atoms with E-state index >= 15 is 0 Å². The Morgan fingerprint density at radius 3 is 2.80 bits per heavy atom. The molecule has 0 spiro atoms. The molecule has 0 bridgehead atoms. The van der Waals surface area contributed by atoms with Crippen LogP contribution in [0.25, 0.3) is 0 Å². The molecule has 0 aliphatic rings. The van der Waals surface area contributed by atoms with Gasteiger partial charge in [0.25, 0.3) is 0 Å². The van der Waals surface area contributed by atoms with E-state index in [0.717, 1.165) is 5.69 Å². The summed E-state index contributed by atoms with van der Waals surface area (Å²) < 4.78 is 0. The van der Waals surface area contributed by atoms with E-state index in [9.17, 15) is 0 Å². The zero-order chi connectivity index (χ0) is 7.56. The van der Waals surface area contributed by atoms with Gasteiger partial charge in [-0.3, -0.25) is 0 Å². The Kier molecular flexibility index (Phi) is 1.82. The van der Waals surface area contributed by atoms with E-state index in [1.165, 1.54) is 0 Å². The average Bonchev–Trinajstić information content (AvgIpc) is 1.95. The fraction of sp³-hybridized carbons (Fsp3) is 0.333. The molecule has 0 saturated carbocycles. The van der Waals surface area contributed by atoms with Crippen LogP contribution < -0.4 is 11.5 Å². The number of nitrogens with zero attached hydrogens (tertiary/aromatic N) is 2. The van der Waals surface area contributed by atoms with Gasteiger partial charge < -0.3 is 11.5 Å². The van der Waals surface area contributed by atoms with Gasteiger partial charge in [-0.15, -0.1) is 0 Å². The van der Waals surface area contributed by atoms with Crippen molar-refractivity contribution in [2.75, 3.05) is 5.73 Å². The lowest BCUT2D eigenvalue weighted by molar-refractivity contribution is 0.894. The van der Waals surface area contributed by atoms with Gasteiger partial charge in [0.05, 0.1) is 24.1 Å². The summed E-state index contributed by atoms with van der Waals surface area (Å²) >= 11 is 0. The van der Waals surface area contributed by atoms with E-state index in [0.29, 0.717) is 18.1 Å². The van der Waals surface area contributed by atoms with Gasteiger partial charge >= 0.3 is 0 Å². The van der Waals surface area contributed by atoms with Crippen molar-refractivity contribution < 1.29 is 0 Å². The van der Waals surface area contributed by atoms with Crippen LogP contribution in [0, 0.1) is 6.92 Å². The van der Waals surface area contributed by atoms with Gasteiger partial charge in [-0.05, 0) is 6.92 Å². The maximum absolute atomic E-state index is 5.48. The molecule has 4 N–H and O–H groups in total. The minimum absolute atomic E-state index is 0.362. The number of aryl methyl sites for hydroxylation is 1. The number of anilines is 1. The first-order valence-electron chi connectivity index (χ1n) is 3.02.